The lowest BCUT2D eigenvalue weighted by atomic mass is 10.1. The molecule has 1 aliphatic rings. The van der Waals surface area contributed by atoms with Crippen molar-refractivity contribution < 1.29 is 4.79 Å². The summed E-state index contributed by atoms with van der Waals surface area (Å²) in [6.45, 7) is 4.85. The number of hydrogen-bond acceptors (Lipinski definition) is 2. The van der Waals surface area contributed by atoms with E-state index in [1.807, 2.05) is 6.07 Å². The SMILES string of the molecule is CC(C)CN1C(=O)[C@H](N)c2cc(Cl)ccc21. The zero-order chi connectivity index (χ0) is 11.9. The van der Waals surface area contributed by atoms with Gasteiger partial charge in [-0.05, 0) is 24.1 Å². The number of anilines is 1. The van der Waals surface area contributed by atoms with Gasteiger partial charge in [0.2, 0.25) is 5.91 Å². The fourth-order valence-corrected chi connectivity index (χ4v) is 2.17. The molecule has 0 aromatic heterocycles. The van der Waals surface area contributed by atoms with Crippen molar-refractivity contribution in [2.75, 3.05) is 11.4 Å². The van der Waals surface area contributed by atoms with E-state index in [0.29, 0.717) is 17.5 Å². The van der Waals surface area contributed by atoms with Crippen molar-refractivity contribution in [1.82, 2.24) is 0 Å². The van der Waals surface area contributed by atoms with Gasteiger partial charge in [-0.2, -0.15) is 0 Å². The first kappa shape index (κ1) is 11.4. The van der Waals surface area contributed by atoms with Gasteiger partial charge in [-0.25, -0.2) is 0 Å². The molecule has 0 spiro atoms. The van der Waals surface area contributed by atoms with Crippen molar-refractivity contribution in [1.29, 1.82) is 0 Å². The molecule has 86 valence electrons. The zero-order valence-corrected chi connectivity index (χ0v) is 10.2. The van der Waals surface area contributed by atoms with Gasteiger partial charge in [-0.3, -0.25) is 4.79 Å². The van der Waals surface area contributed by atoms with E-state index < -0.39 is 6.04 Å². The average molecular weight is 239 g/mol. The normalized spacial score (nSPS) is 19.4. The molecule has 1 aromatic carbocycles. The molecule has 0 aliphatic carbocycles. The standard InChI is InChI=1S/C12H15ClN2O/c1-7(2)6-15-10-4-3-8(13)5-9(10)11(14)12(15)16/h3-5,7,11H,6,14H2,1-2H3/t11-/m1/s1. The van der Waals surface area contributed by atoms with Crippen LogP contribution in [0.4, 0.5) is 5.69 Å². The summed E-state index contributed by atoms with van der Waals surface area (Å²) < 4.78 is 0. The monoisotopic (exact) mass is 238 g/mol. The third-order valence-corrected chi connectivity index (χ3v) is 2.93. The zero-order valence-electron chi connectivity index (χ0n) is 9.40. The molecule has 0 unspecified atom stereocenters. The quantitative estimate of drug-likeness (QED) is 0.860. The molecule has 1 heterocycles. The Hall–Kier alpha value is -1.06. The Balaban J connectivity index is 2.42. The Kier molecular flexibility index (Phi) is 2.91. The van der Waals surface area contributed by atoms with Gasteiger partial charge in [0.15, 0.2) is 0 Å². The van der Waals surface area contributed by atoms with Crippen molar-refractivity contribution >= 4 is 23.2 Å². The number of fused-ring (bicyclic) bond motifs is 1. The molecular weight excluding hydrogens is 224 g/mol. The minimum atomic E-state index is -0.563. The first-order valence-electron chi connectivity index (χ1n) is 5.37. The number of carbonyl (C=O) groups excluding carboxylic acids is 1. The third-order valence-electron chi connectivity index (χ3n) is 2.70. The van der Waals surface area contributed by atoms with Gasteiger partial charge in [-0.15, -0.1) is 0 Å². The molecule has 2 N–H and O–H groups in total. The summed E-state index contributed by atoms with van der Waals surface area (Å²) in [6, 6.07) is 4.87. The summed E-state index contributed by atoms with van der Waals surface area (Å²) in [5.41, 5.74) is 7.61. The van der Waals surface area contributed by atoms with Crippen molar-refractivity contribution in [2.24, 2.45) is 11.7 Å². The number of amides is 1. The number of benzene rings is 1. The fraction of sp³-hybridized carbons (Fsp3) is 0.417. The average Bonchev–Trinajstić information content (AvgIpc) is 2.43. The third kappa shape index (κ3) is 1.81. The highest BCUT2D eigenvalue weighted by Crippen LogP contribution is 2.36. The van der Waals surface area contributed by atoms with Crippen LogP contribution in [0.1, 0.15) is 25.5 Å². The van der Waals surface area contributed by atoms with E-state index in [-0.39, 0.29) is 5.91 Å². The molecule has 0 fully saturated rings. The Morgan fingerprint density at radius 3 is 2.81 bits per heavy atom. The topological polar surface area (TPSA) is 46.3 Å². The maximum Gasteiger partial charge on any atom is 0.248 e. The van der Waals surface area contributed by atoms with Crippen LogP contribution in [0.15, 0.2) is 18.2 Å². The van der Waals surface area contributed by atoms with Crippen LogP contribution in [0, 0.1) is 5.92 Å². The van der Waals surface area contributed by atoms with Gasteiger partial charge in [0.05, 0.1) is 0 Å². The van der Waals surface area contributed by atoms with Gasteiger partial charge in [-0.1, -0.05) is 25.4 Å². The van der Waals surface area contributed by atoms with Crippen molar-refractivity contribution in [3.63, 3.8) is 0 Å². The molecule has 3 nitrogen and oxygen atoms in total. The van der Waals surface area contributed by atoms with Gasteiger partial charge < -0.3 is 10.6 Å². The van der Waals surface area contributed by atoms with Crippen LogP contribution in [0.3, 0.4) is 0 Å². The maximum absolute atomic E-state index is 12.0. The van der Waals surface area contributed by atoms with E-state index >= 15 is 0 Å². The van der Waals surface area contributed by atoms with E-state index in [1.54, 1.807) is 17.0 Å². The van der Waals surface area contributed by atoms with Crippen LogP contribution < -0.4 is 10.6 Å². The highest BCUT2D eigenvalue weighted by atomic mass is 35.5. The lowest BCUT2D eigenvalue weighted by Gasteiger charge is -2.19. The molecule has 1 aromatic rings. The number of carbonyl (C=O) groups is 1. The molecule has 0 saturated heterocycles. The van der Waals surface area contributed by atoms with E-state index in [0.717, 1.165) is 11.3 Å². The lowest BCUT2D eigenvalue weighted by molar-refractivity contribution is -0.119. The molecule has 4 heteroatoms. The molecule has 0 radical (unpaired) electrons. The second-order valence-electron chi connectivity index (χ2n) is 4.52. The second kappa shape index (κ2) is 4.07. The van der Waals surface area contributed by atoms with E-state index in [1.165, 1.54) is 0 Å². The minimum absolute atomic E-state index is 0.0361. The summed E-state index contributed by atoms with van der Waals surface area (Å²) in [5, 5.41) is 0.619. The number of nitrogens with two attached hydrogens (primary N) is 1. The minimum Gasteiger partial charge on any atom is -0.316 e. The Morgan fingerprint density at radius 2 is 2.19 bits per heavy atom. The fourth-order valence-electron chi connectivity index (χ4n) is 1.99. The highest BCUT2D eigenvalue weighted by molar-refractivity contribution is 6.31. The summed E-state index contributed by atoms with van der Waals surface area (Å²) in [6.07, 6.45) is 0. The van der Waals surface area contributed by atoms with E-state index in [4.69, 9.17) is 17.3 Å². The Bertz CT molecular complexity index is 431. The summed E-state index contributed by atoms with van der Waals surface area (Å²) in [5.74, 6) is 0.378. The molecule has 0 bridgehead atoms. The van der Waals surface area contributed by atoms with Crippen molar-refractivity contribution in [3.8, 4) is 0 Å². The number of nitrogens with zero attached hydrogens (tertiary/aromatic N) is 1. The van der Waals surface area contributed by atoms with Gasteiger partial charge >= 0.3 is 0 Å². The van der Waals surface area contributed by atoms with Crippen LogP contribution in [-0.4, -0.2) is 12.5 Å². The number of rotatable bonds is 2. The van der Waals surface area contributed by atoms with Crippen LogP contribution in [0.5, 0.6) is 0 Å². The lowest BCUT2D eigenvalue weighted by Crippen LogP contribution is -2.34. The summed E-state index contributed by atoms with van der Waals surface area (Å²) >= 11 is 5.90. The van der Waals surface area contributed by atoms with Crippen LogP contribution >= 0.6 is 11.6 Å². The largest absolute Gasteiger partial charge is 0.316 e. The second-order valence-corrected chi connectivity index (χ2v) is 4.96. The molecule has 16 heavy (non-hydrogen) atoms. The van der Waals surface area contributed by atoms with E-state index in [2.05, 4.69) is 13.8 Å². The highest BCUT2D eigenvalue weighted by Gasteiger charge is 2.34. The smallest absolute Gasteiger partial charge is 0.248 e. The predicted molar refractivity (Wildman–Crippen MR) is 65.6 cm³/mol. The Labute approximate surface area is 100 Å². The van der Waals surface area contributed by atoms with E-state index in [9.17, 15) is 4.79 Å². The number of hydrogen-bond donors (Lipinski definition) is 1. The first-order valence-corrected chi connectivity index (χ1v) is 5.75. The van der Waals surface area contributed by atoms with Crippen LogP contribution in [0.25, 0.3) is 0 Å². The van der Waals surface area contributed by atoms with Crippen molar-refractivity contribution in [2.45, 2.75) is 19.9 Å². The Morgan fingerprint density at radius 1 is 1.50 bits per heavy atom. The van der Waals surface area contributed by atoms with Crippen LogP contribution in [-0.2, 0) is 4.79 Å². The maximum atomic E-state index is 12.0. The molecule has 1 amide bonds. The molecule has 1 atom stereocenters. The van der Waals surface area contributed by atoms with Gasteiger partial charge in [0.1, 0.15) is 6.04 Å². The molecule has 2 rings (SSSR count). The van der Waals surface area contributed by atoms with Crippen LogP contribution in [0.2, 0.25) is 5.02 Å². The first-order chi connectivity index (χ1) is 7.50. The van der Waals surface area contributed by atoms with Gasteiger partial charge in [0, 0.05) is 22.8 Å². The number of halogens is 1. The predicted octanol–water partition coefficient (Wildman–Crippen LogP) is 2.34. The molecule has 0 saturated carbocycles. The molecule has 1 aliphatic heterocycles. The van der Waals surface area contributed by atoms with Crippen molar-refractivity contribution in [3.05, 3.63) is 28.8 Å². The van der Waals surface area contributed by atoms with Gasteiger partial charge in [0.25, 0.3) is 0 Å². The molecular formula is C12H15ClN2O. The summed E-state index contributed by atoms with van der Waals surface area (Å²) in [7, 11) is 0. The summed E-state index contributed by atoms with van der Waals surface area (Å²) in [4.78, 5) is 13.7.